The summed E-state index contributed by atoms with van der Waals surface area (Å²) in [5, 5.41) is 0. The first-order valence-electron chi connectivity index (χ1n) is 3.30. The molecule has 0 N–H and O–H groups in total. The molecule has 0 bridgehead atoms. The van der Waals surface area contributed by atoms with Crippen molar-refractivity contribution < 1.29 is 0 Å². The molecule has 0 aliphatic heterocycles. The van der Waals surface area contributed by atoms with E-state index >= 15 is 0 Å². The van der Waals surface area contributed by atoms with Gasteiger partial charge in [0, 0.05) is 12.6 Å². The third-order valence-corrected chi connectivity index (χ3v) is 2.57. The monoisotopic (exact) mass is 165 g/mol. The molecule has 0 fully saturated rings. The van der Waals surface area contributed by atoms with Crippen LogP contribution in [0.2, 0.25) is 0 Å². The van der Waals surface area contributed by atoms with Gasteiger partial charge in [-0.05, 0) is 31.2 Å². The molecule has 0 aliphatic carbocycles. The summed E-state index contributed by atoms with van der Waals surface area (Å²) in [6, 6.07) is 0.604. The van der Waals surface area contributed by atoms with Gasteiger partial charge in [0.15, 0.2) is 0 Å². The highest BCUT2D eigenvalue weighted by Gasteiger charge is 2.04. The van der Waals surface area contributed by atoms with Gasteiger partial charge in [-0.15, -0.1) is 0 Å². The number of hydrogen-bond acceptors (Lipinski definition) is 3. The second kappa shape index (κ2) is 5.45. The molecule has 0 atom stereocenters. The fourth-order valence-electron chi connectivity index (χ4n) is 0.614. The highest BCUT2D eigenvalue weighted by atomic mass is 33.1. The Bertz CT molecular complexity index is 66.1. The van der Waals surface area contributed by atoms with E-state index < -0.39 is 0 Å². The molecular formula is C6H15NS2. The van der Waals surface area contributed by atoms with E-state index in [1.54, 1.807) is 0 Å². The summed E-state index contributed by atoms with van der Waals surface area (Å²) in [5.74, 6) is 0. The standard InChI is InChI=1S/C6H15NS2/c1-4-5-7(9-8)6(2)3/h6,8H,4-5H2,1-3H3. The molecule has 3 heteroatoms. The third kappa shape index (κ3) is 4.12. The van der Waals surface area contributed by atoms with Crippen LogP contribution in [0.15, 0.2) is 0 Å². The molecule has 56 valence electrons. The summed E-state index contributed by atoms with van der Waals surface area (Å²) in [6.07, 6.45) is 1.20. The van der Waals surface area contributed by atoms with E-state index in [1.165, 1.54) is 17.4 Å². The summed E-state index contributed by atoms with van der Waals surface area (Å²) in [5.41, 5.74) is 0. The number of thiol groups is 1. The maximum atomic E-state index is 4.13. The Labute approximate surface area is 67.1 Å². The second-order valence-corrected chi connectivity index (χ2v) is 3.44. The van der Waals surface area contributed by atoms with Crippen molar-refractivity contribution in [1.29, 1.82) is 0 Å². The van der Waals surface area contributed by atoms with Gasteiger partial charge in [0.1, 0.15) is 0 Å². The Kier molecular flexibility index (Phi) is 5.84. The molecule has 0 amide bonds. The van der Waals surface area contributed by atoms with E-state index in [-0.39, 0.29) is 0 Å². The van der Waals surface area contributed by atoms with Crippen LogP contribution in [0.3, 0.4) is 0 Å². The molecule has 0 aromatic rings. The fourth-order valence-corrected chi connectivity index (χ4v) is 1.88. The molecule has 0 saturated carbocycles. The van der Waals surface area contributed by atoms with E-state index in [0.717, 1.165) is 6.54 Å². The molecule has 0 aliphatic rings. The maximum Gasteiger partial charge on any atom is 0.0153 e. The zero-order valence-electron chi connectivity index (χ0n) is 6.29. The van der Waals surface area contributed by atoms with E-state index in [2.05, 4.69) is 36.7 Å². The van der Waals surface area contributed by atoms with E-state index in [9.17, 15) is 0 Å². The van der Waals surface area contributed by atoms with E-state index in [1.807, 2.05) is 0 Å². The van der Waals surface area contributed by atoms with Crippen molar-refractivity contribution in [3.05, 3.63) is 0 Å². The predicted octanol–water partition coefficient (Wildman–Crippen LogP) is 2.60. The average Bonchev–Trinajstić information content (AvgIpc) is 1.82. The number of nitrogens with zero attached hydrogens (tertiary/aromatic N) is 1. The lowest BCUT2D eigenvalue weighted by Gasteiger charge is -2.21. The van der Waals surface area contributed by atoms with Crippen LogP contribution in [-0.4, -0.2) is 16.9 Å². The lowest BCUT2D eigenvalue weighted by atomic mass is 10.4. The van der Waals surface area contributed by atoms with Crippen molar-refractivity contribution in [3.63, 3.8) is 0 Å². The average molecular weight is 165 g/mol. The van der Waals surface area contributed by atoms with Crippen molar-refractivity contribution in [2.24, 2.45) is 0 Å². The number of hydrogen-bond donors (Lipinski definition) is 1. The Hall–Kier alpha value is 0.660. The topological polar surface area (TPSA) is 3.24 Å². The summed E-state index contributed by atoms with van der Waals surface area (Å²) < 4.78 is 2.25. The zero-order valence-corrected chi connectivity index (χ0v) is 8.01. The van der Waals surface area contributed by atoms with Gasteiger partial charge in [0.2, 0.25) is 0 Å². The van der Waals surface area contributed by atoms with Crippen LogP contribution in [0.5, 0.6) is 0 Å². The van der Waals surface area contributed by atoms with Gasteiger partial charge >= 0.3 is 0 Å². The molecule has 1 nitrogen and oxygen atoms in total. The van der Waals surface area contributed by atoms with Gasteiger partial charge in [-0.25, -0.2) is 4.31 Å². The minimum Gasteiger partial charge on any atom is -0.239 e. The molecule has 9 heavy (non-hydrogen) atoms. The first kappa shape index (κ1) is 9.66. The van der Waals surface area contributed by atoms with Crippen molar-refractivity contribution in [2.45, 2.75) is 33.2 Å². The Balaban J connectivity index is 3.41. The van der Waals surface area contributed by atoms with E-state index in [4.69, 9.17) is 0 Å². The molecule has 0 unspecified atom stereocenters. The van der Waals surface area contributed by atoms with Gasteiger partial charge < -0.3 is 0 Å². The molecule has 0 spiro atoms. The largest absolute Gasteiger partial charge is 0.239 e. The molecule has 0 heterocycles. The first-order chi connectivity index (χ1) is 4.22. The normalized spacial score (nSPS) is 11.3. The van der Waals surface area contributed by atoms with Crippen LogP contribution >= 0.6 is 22.6 Å². The molecule has 0 radical (unpaired) electrons. The second-order valence-electron chi connectivity index (χ2n) is 2.32. The third-order valence-electron chi connectivity index (χ3n) is 1.12. The summed E-state index contributed by atoms with van der Waals surface area (Å²) in [4.78, 5) is 0. The van der Waals surface area contributed by atoms with Crippen molar-refractivity contribution in [1.82, 2.24) is 4.31 Å². The summed E-state index contributed by atoms with van der Waals surface area (Å²) in [7, 11) is 1.53. The van der Waals surface area contributed by atoms with Crippen molar-refractivity contribution >= 4 is 22.6 Å². The van der Waals surface area contributed by atoms with Crippen LogP contribution in [0.4, 0.5) is 0 Å². The lowest BCUT2D eigenvalue weighted by molar-refractivity contribution is 0.400. The van der Waals surface area contributed by atoms with Gasteiger partial charge in [0.25, 0.3) is 0 Å². The summed E-state index contributed by atoms with van der Waals surface area (Å²) >= 11 is 4.13. The fraction of sp³-hybridized carbons (Fsp3) is 1.00. The SMILES string of the molecule is CCCN(SS)C(C)C. The summed E-state index contributed by atoms with van der Waals surface area (Å²) in [6.45, 7) is 7.67. The quantitative estimate of drug-likeness (QED) is 0.387. The zero-order chi connectivity index (χ0) is 7.28. The lowest BCUT2D eigenvalue weighted by Crippen LogP contribution is -2.23. The highest BCUT2D eigenvalue weighted by molar-refractivity contribution is 8.67. The first-order valence-corrected chi connectivity index (χ1v) is 5.13. The van der Waals surface area contributed by atoms with Crippen LogP contribution in [-0.2, 0) is 0 Å². The van der Waals surface area contributed by atoms with Crippen molar-refractivity contribution in [2.75, 3.05) is 6.54 Å². The van der Waals surface area contributed by atoms with Gasteiger partial charge in [-0.1, -0.05) is 18.6 Å². The molecule has 0 rings (SSSR count). The molecule has 0 aromatic heterocycles. The molecule has 0 saturated heterocycles. The number of rotatable bonds is 4. The maximum absolute atomic E-state index is 4.13. The smallest absolute Gasteiger partial charge is 0.0153 e. The van der Waals surface area contributed by atoms with Gasteiger partial charge in [0.05, 0.1) is 0 Å². The Morgan fingerprint density at radius 1 is 1.56 bits per heavy atom. The van der Waals surface area contributed by atoms with Gasteiger partial charge in [-0.2, -0.15) is 0 Å². The van der Waals surface area contributed by atoms with Crippen LogP contribution in [0.25, 0.3) is 0 Å². The minimum absolute atomic E-state index is 0.604. The highest BCUT2D eigenvalue weighted by Crippen LogP contribution is 2.17. The predicted molar refractivity (Wildman–Crippen MR) is 48.7 cm³/mol. The Morgan fingerprint density at radius 2 is 2.11 bits per heavy atom. The van der Waals surface area contributed by atoms with Gasteiger partial charge in [-0.3, -0.25) is 0 Å². The molecular weight excluding hydrogens is 150 g/mol. The van der Waals surface area contributed by atoms with Crippen LogP contribution < -0.4 is 0 Å². The van der Waals surface area contributed by atoms with Crippen LogP contribution in [0.1, 0.15) is 27.2 Å². The van der Waals surface area contributed by atoms with E-state index in [0.29, 0.717) is 6.04 Å². The van der Waals surface area contributed by atoms with Crippen LogP contribution in [0, 0.1) is 0 Å². The van der Waals surface area contributed by atoms with Crippen molar-refractivity contribution in [3.8, 4) is 0 Å². The minimum atomic E-state index is 0.604. The Morgan fingerprint density at radius 3 is 2.22 bits per heavy atom. The molecule has 0 aromatic carbocycles.